The number of nitrogens with zero attached hydrogens (tertiary/aromatic N) is 1. The molecule has 0 fully saturated rings. The van der Waals surface area contributed by atoms with Gasteiger partial charge in [-0.3, -0.25) is 10.3 Å². The highest BCUT2D eigenvalue weighted by Gasteiger charge is 2.11. The van der Waals surface area contributed by atoms with Gasteiger partial charge in [-0.25, -0.2) is 4.39 Å². The fourth-order valence-electron chi connectivity index (χ4n) is 1.66. The number of halogens is 2. The maximum absolute atomic E-state index is 13.1. The van der Waals surface area contributed by atoms with Crippen molar-refractivity contribution >= 4 is 21.8 Å². The first kappa shape index (κ1) is 15.1. The van der Waals surface area contributed by atoms with Crippen molar-refractivity contribution in [1.82, 2.24) is 4.90 Å². The Balaban J connectivity index is 2.70. The number of hydrogen-bond donors (Lipinski definition) is 2. The summed E-state index contributed by atoms with van der Waals surface area (Å²) in [4.78, 5) is 2.21. The van der Waals surface area contributed by atoms with Crippen LogP contribution in [0.15, 0.2) is 22.7 Å². The predicted molar refractivity (Wildman–Crippen MR) is 76.2 cm³/mol. The Hall–Kier alpha value is -0.940. The van der Waals surface area contributed by atoms with E-state index in [9.17, 15) is 4.39 Å². The van der Waals surface area contributed by atoms with E-state index in [0.29, 0.717) is 16.9 Å². The minimum absolute atomic E-state index is 0.195. The van der Waals surface area contributed by atoms with Gasteiger partial charge >= 0.3 is 0 Å². The van der Waals surface area contributed by atoms with Gasteiger partial charge in [0.2, 0.25) is 0 Å². The van der Waals surface area contributed by atoms with E-state index < -0.39 is 0 Å². The lowest BCUT2D eigenvalue weighted by Crippen LogP contribution is -2.33. The number of amidine groups is 1. The molecule has 1 aromatic carbocycles. The van der Waals surface area contributed by atoms with Gasteiger partial charge in [0, 0.05) is 25.6 Å². The third-order valence-corrected chi connectivity index (χ3v) is 3.38. The average Bonchev–Trinajstić information content (AvgIpc) is 2.28. The summed E-state index contributed by atoms with van der Waals surface area (Å²) in [6, 6.07) is 5.39. The van der Waals surface area contributed by atoms with E-state index in [-0.39, 0.29) is 11.7 Å². The Kier molecular flexibility index (Phi) is 5.75. The lowest BCUT2D eigenvalue weighted by Gasteiger charge is -2.26. The summed E-state index contributed by atoms with van der Waals surface area (Å²) < 4.78 is 13.6. The van der Waals surface area contributed by atoms with Crippen LogP contribution in [0.2, 0.25) is 0 Å². The molecule has 0 amide bonds. The molecule has 0 unspecified atom stereocenters. The zero-order valence-corrected chi connectivity index (χ0v) is 12.3. The molecule has 100 valence electrons. The summed E-state index contributed by atoms with van der Waals surface area (Å²) in [7, 11) is 0. The van der Waals surface area contributed by atoms with Crippen LogP contribution in [-0.4, -0.2) is 23.3 Å². The van der Waals surface area contributed by atoms with Crippen molar-refractivity contribution in [2.75, 3.05) is 6.54 Å². The molecule has 3 nitrogen and oxygen atoms in total. The summed E-state index contributed by atoms with van der Waals surface area (Å²) in [6.45, 7) is 5.66. The Morgan fingerprint density at radius 2 is 2.17 bits per heavy atom. The van der Waals surface area contributed by atoms with Crippen molar-refractivity contribution in [1.29, 1.82) is 5.41 Å². The van der Waals surface area contributed by atoms with E-state index in [4.69, 9.17) is 11.1 Å². The Morgan fingerprint density at radius 3 is 2.67 bits per heavy atom. The topological polar surface area (TPSA) is 53.1 Å². The quantitative estimate of drug-likeness (QED) is 0.626. The molecule has 5 heteroatoms. The minimum Gasteiger partial charge on any atom is -0.388 e. The van der Waals surface area contributed by atoms with E-state index in [2.05, 4.69) is 34.7 Å². The standard InChI is InChI=1S/C13H19BrFN3/c1-9(2)18(6-5-13(16)17)8-10-3-4-12(15)11(14)7-10/h3-4,7,9H,5-6,8H2,1-2H3,(H3,16,17). The maximum Gasteiger partial charge on any atom is 0.137 e. The number of hydrogen-bond acceptors (Lipinski definition) is 2. The van der Waals surface area contributed by atoms with E-state index in [1.165, 1.54) is 6.07 Å². The molecule has 0 saturated heterocycles. The van der Waals surface area contributed by atoms with Crippen LogP contribution >= 0.6 is 15.9 Å². The molecular weight excluding hydrogens is 297 g/mol. The number of benzene rings is 1. The third-order valence-electron chi connectivity index (χ3n) is 2.77. The minimum atomic E-state index is -0.251. The molecule has 0 saturated carbocycles. The Morgan fingerprint density at radius 1 is 1.50 bits per heavy atom. The second-order valence-electron chi connectivity index (χ2n) is 4.59. The van der Waals surface area contributed by atoms with Crippen LogP contribution in [0.1, 0.15) is 25.8 Å². The summed E-state index contributed by atoms with van der Waals surface area (Å²) in [5.74, 6) is -0.0560. The molecule has 0 radical (unpaired) electrons. The smallest absolute Gasteiger partial charge is 0.137 e. The van der Waals surface area contributed by atoms with Crippen molar-refractivity contribution in [3.05, 3.63) is 34.1 Å². The Labute approximate surface area is 116 Å². The fraction of sp³-hybridized carbons (Fsp3) is 0.462. The van der Waals surface area contributed by atoms with Gasteiger partial charge in [0.15, 0.2) is 0 Å². The van der Waals surface area contributed by atoms with Crippen molar-refractivity contribution in [3.8, 4) is 0 Å². The van der Waals surface area contributed by atoms with Crippen LogP contribution in [-0.2, 0) is 6.54 Å². The predicted octanol–water partition coefficient (Wildman–Crippen LogP) is 3.12. The molecule has 0 heterocycles. The molecule has 0 atom stereocenters. The van der Waals surface area contributed by atoms with Gasteiger partial charge in [-0.15, -0.1) is 0 Å². The molecular formula is C13H19BrFN3. The summed E-state index contributed by atoms with van der Waals surface area (Å²) in [5, 5.41) is 7.26. The lowest BCUT2D eigenvalue weighted by atomic mass is 10.1. The lowest BCUT2D eigenvalue weighted by molar-refractivity contribution is 0.219. The van der Waals surface area contributed by atoms with Crippen LogP contribution in [0.5, 0.6) is 0 Å². The van der Waals surface area contributed by atoms with Crippen LogP contribution < -0.4 is 5.73 Å². The highest BCUT2D eigenvalue weighted by molar-refractivity contribution is 9.10. The SMILES string of the molecule is CC(C)N(CCC(=N)N)Cc1ccc(F)c(Br)c1. The number of nitrogens with two attached hydrogens (primary N) is 1. The molecule has 1 rings (SSSR count). The summed E-state index contributed by atoms with van der Waals surface area (Å²) >= 11 is 3.19. The van der Waals surface area contributed by atoms with Gasteiger partial charge in [-0.2, -0.15) is 0 Å². The Bertz CT molecular complexity index is 421. The first-order valence-corrected chi connectivity index (χ1v) is 6.70. The number of nitrogens with one attached hydrogen (secondary N) is 1. The maximum atomic E-state index is 13.1. The molecule has 1 aromatic rings. The number of rotatable bonds is 6. The van der Waals surface area contributed by atoms with Gasteiger partial charge in [0.1, 0.15) is 5.82 Å². The van der Waals surface area contributed by atoms with Crippen molar-refractivity contribution < 1.29 is 4.39 Å². The van der Waals surface area contributed by atoms with Crippen LogP contribution in [0.25, 0.3) is 0 Å². The molecule has 0 spiro atoms. The summed E-state index contributed by atoms with van der Waals surface area (Å²) in [6.07, 6.45) is 0.556. The first-order chi connectivity index (χ1) is 8.40. The van der Waals surface area contributed by atoms with Crippen LogP contribution in [0.4, 0.5) is 4.39 Å². The monoisotopic (exact) mass is 315 g/mol. The summed E-state index contributed by atoms with van der Waals surface area (Å²) in [5.41, 5.74) is 6.42. The average molecular weight is 316 g/mol. The zero-order valence-electron chi connectivity index (χ0n) is 10.7. The van der Waals surface area contributed by atoms with E-state index in [1.54, 1.807) is 12.1 Å². The highest BCUT2D eigenvalue weighted by atomic mass is 79.9. The van der Waals surface area contributed by atoms with Crippen LogP contribution in [0.3, 0.4) is 0 Å². The molecule has 18 heavy (non-hydrogen) atoms. The molecule has 0 bridgehead atoms. The first-order valence-electron chi connectivity index (χ1n) is 5.91. The van der Waals surface area contributed by atoms with Gasteiger partial charge in [0.05, 0.1) is 10.3 Å². The molecule has 0 aromatic heterocycles. The van der Waals surface area contributed by atoms with E-state index in [0.717, 1.165) is 18.7 Å². The third kappa shape index (κ3) is 4.74. The zero-order chi connectivity index (χ0) is 13.7. The normalized spacial score (nSPS) is 11.2. The highest BCUT2D eigenvalue weighted by Crippen LogP contribution is 2.18. The van der Waals surface area contributed by atoms with Gasteiger partial charge < -0.3 is 5.73 Å². The molecule has 0 aliphatic heterocycles. The van der Waals surface area contributed by atoms with Crippen molar-refractivity contribution in [3.63, 3.8) is 0 Å². The van der Waals surface area contributed by atoms with Crippen LogP contribution in [0, 0.1) is 11.2 Å². The van der Waals surface area contributed by atoms with Gasteiger partial charge in [-0.1, -0.05) is 6.07 Å². The molecule has 3 N–H and O–H groups in total. The molecule has 0 aliphatic carbocycles. The van der Waals surface area contributed by atoms with Gasteiger partial charge in [0.25, 0.3) is 0 Å². The second-order valence-corrected chi connectivity index (χ2v) is 5.44. The fourth-order valence-corrected chi connectivity index (χ4v) is 2.08. The largest absolute Gasteiger partial charge is 0.388 e. The van der Waals surface area contributed by atoms with Crippen molar-refractivity contribution in [2.24, 2.45) is 5.73 Å². The van der Waals surface area contributed by atoms with E-state index in [1.807, 2.05) is 0 Å². The van der Waals surface area contributed by atoms with Crippen molar-refractivity contribution in [2.45, 2.75) is 32.9 Å². The van der Waals surface area contributed by atoms with Gasteiger partial charge in [-0.05, 0) is 47.5 Å². The molecule has 0 aliphatic rings. The second kappa shape index (κ2) is 6.85. The van der Waals surface area contributed by atoms with E-state index >= 15 is 0 Å².